The lowest BCUT2D eigenvalue weighted by Gasteiger charge is -2.17. The molecule has 0 aromatic rings. The van der Waals surface area contributed by atoms with Crippen LogP contribution < -0.4 is 0 Å². The van der Waals surface area contributed by atoms with E-state index in [1.54, 1.807) is 0 Å². The molecule has 0 aliphatic carbocycles. The quantitative estimate of drug-likeness (QED) is 0.665. The summed E-state index contributed by atoms with van der Waals surface area (Å²) in [6.07, 6.45) is 0. The molecule has 98 valence electrons. The Bertz CT molecular complexity index is 286. The van der Waals surface area contributed by atoms with Gasteiger partial charge in [0.05, 0.1) is 13.1 Å². The maximum Gasteiger partial charge on any atom is 0.196 e. The summed E-state index contributed by atoms with van der Waals surface area (Å²) in [5.41, 5.74) is 0. The van der Waals surface area contributed by atoms with Crippen molar-refractivity contribution in [3.05, 3.63) is 0 Å². The first kappa shape index (κ1) is 15.8. The molecule has 0 N–H and O–H groups in total. The second kappa shape index (κ2) is 8.89. The maximum absolute atomic E-state index is 4.25. The largest absolute Gasteiger partial charge is 0.344 e. The van der Waals surface area contributed by atoms with Gasteiger partial charge in [-0.05, 0) is 14.1 Å². The molecular formula is C13H26N4. The molecule has 0 unspecified atom stereocenters. The normalized spacial score (nSPS) is 16.8. The van der Waals surface area contributed by atoms with Gasteiger partial charge in [0.1, 0.15) is 0 Å². The average molecular weight is 238 g/mol. The Balaban J connectivity index is 0.00000121. The highest BCUT2D eigenvalue weighted by molar-refractivity contribution is 5.81. The first-order valence-electron chi connectivity index (χ1n) is 6.18. The molecule has 1 rings (SSSR count). The number of rotatable bonds is 2. The van der Waals surface area contributed by atoms with Crippen LogP contribution in [0.5, 0.6) is 0 Å². The van der Waals surface area contributed by atoms with Gasteiger partial charge in [0.25, 0.3) is 0 Å². The molecule has 4 heteroatoms. The van der Waals surface area contributed by atoms with E-state index in [0.717, 1.165) is 32.1 Å². The van der Waals surface area contributed by atoms with Gasteiger partial charge in [-0.2, -0.15) is 0 Å². The maximum atomic E-state index is 4.25. The van der Waals surface area contributed by atoms with E-state index >= 15 is 0 Å². The van der Waals surface area contributed by atoms with Crippen LogP contribution in [0.15, 0.2) is 4.99 Å². The van der Waals surface area contributed by atoms with Gasteiger partial charge >= 0.3 is 0 Å². The number of likely N-dealkylation sites (N-methyl/N-ethyl adjacent to an activating group) is 1. The zero-order valence-electron chi connectivity index (χ0n) is 12.1. The minimum atomic E-state index is 0.783. The van der Waals surface area contributed by atoms with E-state index < -0.39 is 0 Å². The molecule has 0 aromatic carbocycles. The lowest BCUT2D eigenvalue weighted by Crippen LogP contribution is -2.31. The molecule has 0 saturated carbocycles. The summed E-state index contributed by atoms with van der Waals surface area (Å²) in [6, 6.07) is 0. The molecule has 1 saturated heterocycles. The van der Waals surface area contributed by atoms with E-state index in [1.807, 2.05) is 35.0 Å². The fourth-order valence-electron chi connectivity index (χ4n) is 1.54. The standard InChI is InChI=1S/C11H20N4.C2H6/c1-12-11-14(4)9-10-15(11)8-6-5-7-13(2)3;1-2/h7-10H2,1-4H3;1-2H3. The van der Waals surface area contributed by atoms with Crippen LogP contribution in [0.4, 0.5) is 0 Å². The highest BCUT2D eigenvalue weighted by atomic mass is 15.4. The van der Waals surface area contributed by atoms with E-state index in [0.29, 0.717) is 0 Å². The minimum absolute atomic E-state index is 0.783. The zero-order valence-corrected chi connectivity index (χ0v) is 12.1. The number of aliphatic imine (C=N–C) groups is 1. The smallest absolute Gasteiger partial charge is 0.196 e. The molecule has 1 aliphatic heterocycles. The molecule has 0 aromatic heterocycles. The van der Waals surface area contributed by atoms with E-state index in [-0.39, 0.29) is 0 Å². The topological polar surface area (TPSA) is 22.1 Å². The third-order valence-electron chi connectivity index (χ3n) is 2.32. The molecule has 0 spiro atoms. The molecule has 0 radical (unpaired) electrons. The summed E-state index contributed by atoms with van der Waals surface area (Å²) >= 11 is 0. The van der Waals surface area contributed by atoms with Crippen molar-refractivity contribution >= 4 is 5.96 Å². The van der Waals surface area contributed by atoms with Gasteiger partial charge in [0.2, 0.25) is 0 Å². The molecule has 1 aliphatic rings. The summed E-state index contributed by atoms with van der Waals surface area (Å²) in [7, 11) is 7.95. The Labute approximate surface area is 106 Å². The zero-order chi connectivity index (χ0) is 13.3. The molecule has 0 atom stereocenters. The number of hydrogen-bond donors (Lipinski definition) is 0. The highest BCUT2D eigenvalue weighted by Crippen LogP contribution is 2.04. The van der Waals surface area contributed by atoms with Gasteiger partial charge in [0.15, 0.2) is 5.96 Å². The average Bonchev–Trinajstić information content (AvgIpc) is 2.68. The lowest BCUT2D eigenvalue weighted by molar-refractivity contribution is 0.463. The molecule has 0 bridgehead atoms. The minimum Gasteiger partial charge on any atom is -0.344 e. The molecule has 4 nitrogen and oxygen atoms in total. The van der Waals surface area contributed by atoms with Crippen LogP contribution in [-0.2, 0) is 0 Å². The molecule has 0 amide bonds. The summed E-state index contributed by atoms with van der Waals surface area (Å²) in [5.74, 6) is 7.35. The van der Waals surface area contributed by atoms with Crippen molar-refractivity contribution in [2.75, 3.05) is 54.4 Å². The van der Waals surface area contributed by atoms with E-state index in [9.17, 15) is 0 Å². The number of hydrogen-bond acceptors (Lipinski definition) is 2. The number of nitrogens with zero attached hydrogens (tertiary/aromatic N) is 4. The van der Waals surface area contributed by atoms with Crippen molar-refractivity contribution in [2.24, 2.45) is 4.99 Å². The molecule has 1 heterocycles. The summed E-state index contributed by atoms with van der Waals surface area (Å²) in [6.45, 7) is 7.68. The fourth-order valence-corrected chi connectivity index (χ4v) is 1.54. The lowest BCUT2D eigenvalue weighted by atomic mass is 10.5. The van der Waals surface area contributed by atoms with E-state index in [2.05, 4.69) is 38.6 Å². The predicted molar refractivity (Wildman–Crippen MR) is 75.2 cm³/mol. The SMILES string of the molecule is CC.CN=C1N(C)CCN1CC#CCN(C)C. The Kier molecular flexibility index (Phi) is 8.25. The first-order valence-corrected chi connectivity index (χ1v) is 6.18. The number of guanidine groups is 1. The van der Waals surface area contributed by atoms with Crippen LogP contribution in [0.2, 0.25) is 0 Å². The summed E-state index contributed by atoms with van der Waals surface area (Å²) in [4.78, 5) is 10.7. The van der Waals surface area contributed by atoms with Crippen LogP contribution >= 0.6 is 0 Å². The van der Waals surface area contributed by atoms with Crippen molar-refractivity contribution < 1.29 is 0 Å². The second-order valence-electron chi connectivity index (χ2n) is 3.96. The van der Waals surface area contributed by atoms with Gasteiger partial charge in [-0.3, -0.25) is 9.89 Å². The van der Waals surface area contributed by atoms with Gasteiger partial charge in [-0.15, -0.1) is 0 Å². The third-order valence-corrected chi connectivity index (χ3v) is 2.32. The van der Waals surface area contributed by atoms with Crippen molar-refractivity contribution in [3.63, 3.8) is 0 Å². The molecular weight excluding hydrogens is 212 g/mol. The van der Waals surface area contributed by atoms with Crippen LogP contribution in [0.25, 0.3) is 0 Å². The van der Waals surface area contributed by atoms with Crippen LogP contribution in [0.1, 0.15) is 13.8 Å². The monoisotopic (exact) mass is 238 g/mol. The summed E-state index contributed by atoms with van der Waals surface area (Å²) < 4.78 is 0. The second-order valence-corrected chi connectivity index (χ2v) is 3.96. The van der Waals surface area contributed by atoms with E-state index in [4.69, 9.17) is 0 Å². The summed E-state index contributed by atoms with van der Waals surface area (Å²) in [5, 5.41) is 0. The van der Waals surface area contributed by atoms with Crippen LogP contribution in [0, 0.1) is 11.8 Å². The Morgan fingerprint density at radius 2 is 1.88 bits per heavy atom. The van der Waals surface area contributed by atoms with Crippen molar-refractivity contribution in [2.45, 2.75) is 13.8 Å². The van der Waals surface area contributed by atoms with Crippen LogP contribution in [0.3, 0.4) is 0 Å². The highest BCUT2D eigenvalue weighted by Gasteiger charge is 2.21. The Morgan fingerprint density at radius 1 is 1.24 bits per heavy atom. The third kappa shape index (κ3) is 5.60. The predicted octanol–water partition coefficient (Wildman–Crippen LogP) is 0.811. The van der Waals surface area contributed by atoms with E-state index in [1.165, 1.54) is 0 Å². The Morgan fingerprint density at radius 3 is 2.41 bits per heavy atom. The van der Waals surface area contributed by atoms with Gasteiger partial charge < -0.3 is 9.80 Å². The first-order chi connectivity index (χ1) is 8.15. The fraction of sp³-hybridized carbons (Fsp3) is 0.769. The van der Waals surface area contributed by atoms with Crippen molar-refractivity contribution in [3.8, 4) is 11.8 Å². The van der Waals surface area contributed by atoms with Gasteiger partial charge in [-0.1, -0.05) is 25.7 Å². The van der Waals surface area contributed by atoms with Gasteiger partial charge in [0, 0.05) is 27.2 Å². The van der Waals surface area contributed by atoms with Crippen molar-refractivity contribution in [1.82, 2.24) is 14.7 Å². The Hall–Kier alpha value is -1.21. The van der Waals surface area contributed by atoms with Crippen molar-refractivity contribution in [1.29, 1.82) is 0 Å². The van der Waals surface area contributed by atoms with Crippen LogP contribution in [-0.4, -0.2) is 75.0 Å². The molecule has 17 heavy (non-hydrogen) atoms. The molecule has 1 fully saturated rings. The van der Waals surface area contributed by atoms with Gasteiger partial charge in [-0.25, -0.2) is 0 Å².